The largest absolute Gasteiger partial charge is 0.416 e. The van der Waals surface area contributed by atoms with Gasteiger partial charge in [0, 0.05) is 28.9 Å². The number of aryl methyl sites for hydroxylation is 1. The van der Waals surface area contributed by atoms with Crippen molar-refractivity contribution >= 4 is 50.1 Å². The zero-order chi connectivity index (χ0) is 25.2. The summed E-state index contributed by atoms with van der Waals surface area (Å²) in [6.45, 7) is 2.47. The quantitative estimate of drug-likeness (QED) is 0.191. The first kappa shape index (κ1) is 22.4. The number of ketones is 2. The van der Waals surface area contributed by atoms with E-state index in [-0.39, 0.29) is 17.1 Å². The van der Waals surface area contributed by atoms with Crippen molar-refractivity contribution in [3.63, 3.8) is 0 Å². The minimum atomic E-state index is -4.39. The molecular weight excluding hydrogens is 485 g/mol. The maximum absolute atomic E-state index is 13.2. The van der Waals surface area contributed by atoms with E-state index in [1.54, 1.807) is 18.2 Å². The number of hydrogen-bond donors (Lipinski definition) is 0. The fraction of sp³-hybridized carbons (Fsp3) is 0.107. The molecule has 0 spiro atoms. The van der Waals surface area contributed by atoms with Gasteiger partial charge in [0.25, 0.3) is 0 Å². The molecule has 0 fully saturated rings. The van der Waals surface area contributed by atoms with E-state index in [4.69, 9.17) is 0 Å². The van der Waals surface area contributed by atoms with Gasteiger partial charge in [0.15, 0.2) is 17.2 Å². The molecule has 2 heterocycles. The number of benzene rings is 3. The van der Waals surface area contributed by atoms with Crippen molar-refractivity contribution in [3.8, 4) is 10.6 Å². The third-order valence-corrected chi connectivity index (χ3v) is 7.45. The summed E-state index contributed by atoms with van der Waals surface area (Å²) in [7, 11) is 0. The zero-order valence-electron chi connectivity index (χ0n) is 18.9. The van der Waals surface area contributed by atoms with Crippen LogP contribution >= 0.6 is 11.3 Å². The van der Waals surface area contributed by atoms with Crippen molar-refractivity contribution in [2.45, 2.75) is 19.6 Å². The summed E-state index contributed by atoms with van der Waals surface area (Å²) in [5.41, 5.74) is 2.15. The SMILES string of the molecule is CCn1c(C=C2C(=O)c3cc4ccccc4cc3C2=O)cc2sc(-c3ccc(C(F)(F)F)cc3)nc21. The molecule has 178 valence electrons. The van der Waals surface area contributed by atoms with E-state index in [0.29, 0.717) is 39.6 Å². The number of Topliss-reactive ketones (excluding diaryl/α,β-unsaturated/α-hetero) is 2. The number of halogens is 3. The Morgan fingerprint density at radius 1 is 0.917 bits per heavy atom. The summed E-state index contributed by atoms with van der Waals surface area (Å²) in [6, 6.07) is 17.9. The van der Waals surface area contributed by atoms with Crippen molar-refractivity contribution in [2.24, 2.45) is 0 Å². The molecule has 0 amide bonds. The second kappa shape index (κ2) is 7.99. The van der Waals surface area contributed by atoms with Gasteiger partial charge in [-0.15, -0.1) is 11.3 Å². The molecule has 36 heavy (non-hydrogen) atoms. The molecule has 3 aromatic carbocycles. The number of alkyl halides is 3. The summed E-state index contributed by atoms with van der Waals surface area (Å²) in [5.74, 6) is -0.599. The lowest BCUT2D eigenvalue weighted by Gasteiger charge is -2.06. The summed E-state index contributed by atoms with van der Waals surface area (Å²) in [5, 5.41) is 2.40. The van der Waals surface area contributed by atoms with Crippen LogP contribution in [0.25, 0.3) is 37.8 Å². The van der Waals surface area contributed by atoms with Crippen molar-refractivity contribution in [3.05, 3.63) is 94.7 Å². The Morgan fingerprint density at radius 3 is 2.08 bits per heavy atom. The molecule has 0 bridgehead atoms. The van der Waals surface area contributed by atoms with Crippen molar-refractivity contribution in [1.29, 1.82) is 0 Å². The van der Waals surface area contributed by atoms with E-state index in [1.165, 1.54) is 23.5 Å². The molecule has 6 rings (SSSR count). The summed E-state index contributed by atoms with van der Waals surface area (Å²) >= 11 is 1.35. The number of fused-ring (bicyclic) bond motifs is 3. The average molecular weight is 503 g/mol. The lowest BCUT2D eigenvalue weighted by molar-refractivity contribution is -0.137. The van der Waals surface area contributed by atoms with Crippen LogP contribution in [0.3, 0.4) is 0 Å². The number of carbonyl (C=O) groups excluding carboxylic acids is 2. The summed E-state index contributed by atoms with van der Waals surface area (Å²) in [6.07, 6.45) is -2.78. The molecular formula is C28H17F3N2O2S. The topological polar surface area (TPSA) is 52.0 Å². The number of nitrogens with zero attached hydrogens (tertiary/aromatic N) is 2. The molecule has 0 saturated carbocycles. The molecule has 1 aliphatic carbocycles. The minimum absolute atomic E-state index is 0.114. The van der Waals surface area contributed by atoms with E-state index >= 15 is 0 Å². The van der Waals surface area contributed by atoms with Gasteiger partial charge >= 0.3 is 6.18 Å². The highest BCUT2D eigenvalue weighted by Crippen LogP contribution is 2.37. The number of allylic oxidation sites excluding steroid dienone is 1. The number of thiazole rings is 1. The van der Waals surface area contributed by atoms with Crippen LogP contribution in [0.1, 0.15) is 38.9 Å². The highest BCUT2D eigenvalue weighted by atomic mass is 32.1. The molecule has 0 unspecified atom stereocenters. The van der Waals surface area contributed by atoms with Gasteiger partial charge in [0.2, 0.25) is 0 Å². The average Bonchev–Trinajstić information content (AvgIpc) is 3.48. The van der Waals surface area contributed by atoms with Gasteiger partial charge in [-0.05, 0) is 54.1 Å². The van der Waals surface area contributed by atoms with Crippen LogP contribution < -0.4 is 0 Å². The number of aromatic nitrogens is 2. The van der Waals surface area contributed by atoms with E-state index in [9.17, 15) is 22.8 Å². The Labute approximate surface area is 207 Å². The van der Waals surface area contributed by atoms with Gasteiger partial charge in [0.1, 0.15) is 5.01 Å². The van der Waals surface area contributed by atoms with E-state index in [0.717, 1.165) is 27.6 Å². The summed E-state index contributed by atoms with van der Waals surface area (Å²) < 4.78 is 41.4. The molecule has 8 heteroatoms. The predicted octanol–water partition coefficient (Wildman–Crippen LogP) is 7.42. The number of carbonyl (C=O) groups is 2. The molecule has 0 saturated heterocycles. The normalized spacial score (nSPS) is 13.7. The van der Waals surface area contributed by atoms with Crippen LogP contribution in [0, 0.1) is 0 Å². The predicted molar refractivity (Wildman–Crippen MR) is 134 cm³/mol. The van der Waals surface area contributed by atoms with Gasteiger partial charge < -0.3 is 4.57 Å². The van der Waals surface area contributed by atoms with Crippen LogP contribution in [-0.2, 0) is 12.7 Å². The van der Waals surface area contributed by atoms with Crippen molar-refractivity contribution < 1.29 is 22.8 Å². The molecule has 0 radical (unpaired) electrons. The Bertz CT molecular complexity index is 1680. The fourth-order valence-electron chi connectivity index (χ4n) is 4.61. The van der Waals surface area contributed by atoms with E-state index < -0.39 is 11.7 Å². The smallest absolute Gasteiger partial charge is 0.325 e. The Kier molecular flexibility index (Phi) is 4.98. The third kappa shape index (κ3) is 3.48. The first-order valence-corrected chi connectivity index (χ1v) is 12.1. The number of hydrogen-bond acceptors (Lipinski definition) is 4. The monoisotopic (exact) mass is 502 g/mol. The Morgan fingerprint density at radius 2 is 1.53 bits per heavy atom. The van der Waals surface area contributed by atoms with Gasteiger partial charge in [-0.2, -0.15) is 13.2 Å². The Hall–Kier alpha value is -4.04. The highest BCUT2D eigenvalue weighted by molar-refractivity contribution is 7.21. The van der Waals surface area contributed by atoms with Gasteiger partial charge in [-0.3, -0.25) is 9.59 Å². The lowest BCUT2D eigenvalue weighted by Crippen LogP contribution is -2.04. The Balaban J connectivity index is 1.39. The highest BCUT2D eigenvalue weighted by Gasteiger charge is 2.34. The maximum Gasteiger partial charge on any atom is 0.416 e. The first-order valence-electron chi connectivity index (χ1n) is 11.3. The van der Waals surface area contributed by atoms with Gasteiger partial charge in [-0.25, -0.2) is 4.98 Å². The van der Waals surface area contributed by atoms with Crippen LogP contribution in [0.15, 0.2) is 72.3 Å². The summed E-state index contributed by atoms with van der Waals surface area (Å²) in [4.78, 5) is 31.0. The van der Waals surface area contributed by atoms with Gasteiger partial charge in [-0.1, -0.05) is 36.4 Å². The lowest BCUT2D eigenvalue weighted by atomic mass is 10.0. The van der Waals surface area contributed by atoms with Crippen LogP contribution in [0.4, 0.5) is 13.2 Å². The zero-order valence-corrected chi connectivity index (χ0v) is 19.7. The van der Waals surface area contributed by atoms with Crippen LogP contribution in [0.5, 0.6) is 0 Å². The third-order valence-electron chi connectivity index (χ3n) is 6.41. The van der Waals surface area contributed by atoms with Crippen LogP contribution in [0.2, 0.25) is 0 Å². The minimum Gasteiger partial charge on any atom is -0.325 e. The standard InChI is InChI=1S/C28H17F3N2O2S/c1-2-33-19(13-22-24(34)20-11-16-5-3-4-6-17(16)12-21(20)25(22)35)14-23-26(33)32-27(36-23)15-7-9-18(10-8-15)28(29,30)31/h3-14H,2H2,1H3. The number of rotatable bonds is 3. The second-order valence-electron chi connectivity index (χ2n) is 8.56. The molecule has 4 nitrogen and oxygen atoms in total. The van der Waals surface area contributed by atoms with E-state index in [2.05, 4.69) is 4.98 Å². The molecule has 0 aliphatic heterocycles. The van der Waals surface area contributed by atoms with E-state index in [1.807, 2.05) is 41.8 Å². The second-order valence-corrected chi connectivity index (χ2v) is 9.59. The molecule has 2 aromatic heterocycles. The molecule has 1 aliphatic rings. The van der Waals surface area contributed by atoms with Crippen molar-refractivity contribution in [1.82, 2.24) is 9.55 Å². The molecule has 0 N–H and O–H groups in total. The molecule has 5 aromatic rings. The maximum atomic E-state index is 13.2. The fourth-order valence-corrected chi connectivity index (χ4v) is 5.63. The first-order chi connectivity index (χ1) is 17.2. The van der Waals surface area contributed by atoms with Crippen LogP contribution in [-0.4, -0.2) is 21.1 Å². The molecule has 0 atom stereocenters. The van der Waals surface area contributed by atoms with Gasteiger partial charge in [0.05, 0.1) is 15.8 Å². The van der Waals surface area contributed by atoms with Crippen molar-refractivity contribution in [2.75, 3.05) is 0 Å².